The second kappa shape index (κ2) is 3.28. The van der Waals surface area contributed by atoms with E-state index in [2.05, 4.69) is 37.4 Å². The van der Waals surface area contributed by atoms with Crippen molar-refractivity contribution in [2.75, 3.05) is 11.9 Å². The van der Waals surface area contributed by atoms with E-state index in [-0.39, 0.29) is 12.1 Å². The Hall–Kier alpha value is -1.02. The van der Waals surface area contributed by atoms with Crippen LogP contribution in [0.5, 0.6) is 0 Å². The molecule has 2 heteroatoms. The van der Waals surface area contributed by atoms with E-state index in [9.17, 15) is 5.11 Å². The molecule has 1 aromatic carbocycles. The van der Waals surface area contributed by atoms with Crippen LogP contribution in [0.3, 0.4) is 0 Å². The van der Waals surface area contributed by atoms with Crippen molar-refractivity contribution in [3.63, 3.8) is 0 Å². The molecule has 1 unspecified atom stereocenters. The van der Waals surface area contributed by atoms with E-state index >= 15 is 0 Å². The highest BCUT2D eigenvalue weighted by molar-refractivity contribution is 5.60. The number of hydrogen-bond donors (Lipinski definition) is 2. The van der Waals surface area contributed by atoms with Crippen LogP contribution in [0.25, 0.3) is 0 Å². The minimum atomic E-state index is -0.140. The summed E-state index contributed by atoms with van der Waals surface area (Å²) in [4.78, 5) is 0. The molecule has 1 heterocycles. The molecule has 1 aliphatic rings. The van der Waals surface area contributed by atoms with Gasteiger partial charge in [-0.15, -0.1) is 0 Å². The van der Waals surface area contributed by atoms with Crippen LogP contribution in [-0.2, 0) is 6.42 Å². The molecule has 0 saturated heterocycles. The summed E-state index contributed by atoms with van der Waals surface area (Å²) in [5.74, 6) is 0. The summed E-state index contributed by atoms with van der Waals surface area (Å²) in [6, 6.07) is 6.36. The van der Waals surface area contributed by atoms with Gasteiger partial charge < -0.3 is 10.4 Å². The number of para-hydroxylation sites is 1. The maximum Gasteiger partial charge on any atom is 0.0658 e. The lowest BCUT2D eigenvalue weighted by Crippen LogP contribution is -2.42. The predicted octanol–water partition coefficient (Wildman–Crippen LogP) is 2.10. The van der Waals surface area contributed by atoms with Gasteiger partial charge in [0.25, 0.3) is 0 Å². The molecule has 2 N–H and O–H groups in total. The molecule has 1 aromatic rings. The molecule has 0 fully saturated rings. The topological polar surface area (TPSA) is 32.3 Å². The molecule has 0 spiro atoms. The van der Waals surface area contributed by atoms with Crippen LogP contribution in [0.2, 0.25) is 0 Å². The van der Waals surface area contributed by atoms with Crippen LogP contribution in [0.1, 0.15) is 24.5 Å². The number of aliphatic hydroxyl groups excluding tert-OH is 1. The molecule has 14 heavy (non-hydrogen) atoms. The van der Waals surface area contributed by atoms with E-state index in [0.717, 1.165) is 12.8 Å². The molecule has 0 radical (unpaired) electrons. The predicted molar refractivity (Wildman–Crippen MR) is 58.6 cm³/mol. The van der Waals surface area contributed by atoms with Gasteiger partial charge in [-0.05, 0) is 37.8 Å². The lowest BCUT2D eigenvalue weighted by Gasteiger charge is -2.36. The highest BCUT2D eigenvalue weighted by Gasteiger charge is 2.28. The van der Waals surface area contributed by atoms with Crippen molar-refractivity contribution in [1.29, 1.82) is 0 Å². The van der Waals surface area contributed by atoms with Gasteiger partial charge in [-0.1, -0.05) is 18.2 Å². The van der Waals surface area contributed by atoms with Gasteiger partial charge >= 0.3 is 0 Å². The summed E-state index contributed by atoms with van der Waals surface area (Å²) in [7, 11) is 0. The normalized spacial score (nSPS) is 25.4. The van der Waals surface area contributed by atoms with E-state index in [4.69, 9.17) is 0 Å². The Bertz CT molecular complexity index is 348. The van der Waals surface area contributed by atoms with Gasteiger partial charge in [0.1, 0.15) is 0 Å². The Morgan fingerprint density at radius 1 is 1.50 bits per heavy atom. The van der Waals surface area contributed by atoms with Crippen molar-refractivity contribution >= 4 is 5.69 Å². The minimum absolute atomic E-state index is 0.140. The van der Waals surface area contributed by atoms with Gasteiger partial charge in [0.05, 0.1) is 12.1 Å². The van der Waals surface area contributed by atoms with Crippen LogP contribution >= 0.6 is 0 Å². The summed E-state index contributed by atoms with van der Waals surface area (Å²) >= 11 is 0. The molecule has 0 bridgehead atoms. The number of rotatable bonds is 1. The first-order valence-electron chi connectivity index (χ1n) is 5.12. The third-order valence-corrected chi connectivity index (χ3v) is 3.08. The van der Waals surface area contributed by atoms with E-state index in [0.29, 0.717) is 0 Å². The molecule has 0 saturated carbocycles. The van der Waals surface area contributed by atoms with Crippen molar-refractivity contribution in [1.82, 2.24) is 0 Å². The summed E-state index contributed by atoms with van der Waals surface area (Å²) in [5, 5.41) is 12.7. The van der Waals surface area contributed by atoms with Gasteiger partial charge in [-0.25, -0.2) is 0 Å². The molecule has 1 aliphatic heterocycles. The minimum Gasteiger partial charge on any atom is -0.394 e. The first-order valence-corrected chi connectivity index (χ1v) is 5.12. The summed E-state index contributed by atoms with van der Waals surface area (Å²) in [6.45, 7) is 4.37. The molecule has 0 aliphatic carbocycles. The first kappa shape index (κ1) is 9.53. The van der Waals surface area contributed by atoms with E-state index < -0.39 is 0 Å². The smallest absolute Gasteiger partial charge is 0.0658 e. The third-order valence-electron chi connectivity index (χ3n) is 3.08. The maximum absolute atomic E-state index is 9.30. The average Bonchev–Trinajstić information content (AvgIpc) is 2.20. The third kappa shape index (κ3) is 1.50. The molecule has 0 amide bonds. The Labute approximate surface area is 85.0 Å². The summed E-state index contributed by atoms with van der Waals surface area (Å²) in [5.41, 5.74) is 3.71. The zero-order valence-electron chi connectivity index (χ0n) is 8.80. The van der Waals surface area contributed by atoms with Crippen LogP contribution in [0, 0.1) is 6.92 Å². The zero-order chi connectivity index (χ0) is 10.2. The van der Waals surface area contributed by atoms with Crippen molar-refractivity contribution in [2.45, 2.75) is 32.2 Å². The number of aryl methyl sites for hydroxylation is 2. The highest BCUT2D eigenvalue weighted by atomic mass is 16.3. The molecular weight excluding hydrogens is 174 g/mol. The average molecular weight is 191 g/mol. The fourth-order valence-electron chi connectivity index (χ4n) is 2.01. The van der Waals surface area contributed by atoms with Gasteiger partial charge in [0.15, 0.2) is 0 Å². The molecule has 0 aromatic heterocycles. The first-order chi connectivity index (χ1) is 6.64. The number of benzene rings is 1. The Kier molecular flexibility index (Phi) is 2.23. The van der Waals surface area contributed by atoms with E-state index in [1.54, 1.807) is 0 Å². The van der Waals surface area contributed by atoms with Crippen molar-refractivity contribution < 1.29 is 5.11 Å². The highest BCUT2D eigenvalue weighted by Crippen LogP contribution is 2.32. The van der Waals surface area contributed by atoms with Crippen LogP contribution < -0.4 is 5.32 Å². The monoisotopic (exact) mass is 191 g/mol. The fourth-order valence-corrected chi connectivity index (χ4v) is 2.01. The molecule has 1 atom stereocenters. The molecular formula is C12H17NO. The van der Waals surface area contributed by atoms with Gasteiger partial charge in [0.2, 0.25) is 0 Å². The lowest BCUT2D eigenvalue weighted by atomic mass is 9.87. The second-order valence-corrected chi connectivity index (χ2v) is 4.45. The largest absolute Gasteiger partial charge is 0.394 e. The van der Waals surface area contributed by atoms with E-state index in [1.165, 1.54) is 16.8 Å². The van der Waals surface area contributed by atoms with Crippen LogP contribution in [-0.4, -0.2) is 17.3 Å². The van der Waals surface area contributed by atoms with Crippen molar-refractivity contribution in [2.24, 2.45) is 0 Å². The van der Waals surface area contributed by atoms with Crippen LogP contribution in [0.15, 0.2) is 18.2 Å². The number of fused-ring (bicyclic) bond motifs is 1. The lowest BCUT2D eigenvalue weighted by molar-refractivity contribution is 0.212. The zero-order valence-corrected chi connectivity index (χ0v) is 8.80. The summed E-state index contributed by atoms with van der Waals surface area (Å²) in [6.07, 6.45) is 2.06. The molecule has 76 valence electrons. The number of nitrogens with one attached hydrogen (secondary N) is 1. The van der Waals surface area contributed by atoms with Crippen molar-refractivity contribution in [3.05, 3.63) is 29.3 Å². The Morgan fingerprint density at radius 3 is 3.00 bits per heavy atom. The quantitative estimate of drug-likeness (QED) is 0.712. The molecule has 2 rings (SSSR count). The van der Waals surface area contributed by atoms with Gasteiger partial charge in [-0.2, -0.15) is 0 Å². The number of anilines is 1. The second-order valence-electron chi connectivity index (χ2n) is 4.45. The maximum atomic E-state index is 9.30. The SMILES string of the molecule is Cc1cccc2c1NC(C)(CO)CC2. The fraction of sp³-hybridized carbons (Fsp3) is 0.500. The number of aliphatic hydroxyl groups is 1. The van der Waals surface area contributed by atoms with Gasteiger partial charge in [-0.3, -0.25) is 0 Å². The number of hydrogen-bond acceptors (Lipinski definition) is 2. The summed E-state index contributed by atoms with van der Waals surface area (Å²) < 4.78 is 0. The molecule has 2 nitrogen and oxygen atoms in total. The van der Waals surface area contributed by atoms with Crippen molar-refractivity contribution in [3.8, 4) is 0 Å². The Balaban J connectivity index is 2.38. The standard InChI is InChI=1S/C12H17NO/c1-9-4-3-5-10-6-7-12(2,8-14)13-11(9)10/h3-5,13-14H,6-8H2,1-2H3. The van der Waals surface area contributed by atoms with Gasteiger partial charge in [0, 0.05) is 5.69 Å². The van der Waals surface area contributed by atoms with E-state index in [1.807, 2.05) is 0 Å². The Morgan fingerprint density at radius 2 is 2.29 bits per heavy atom. The van der Waals surface area contributed by atoms with Crippen LogP contribution in [0.4, 0.5) is 5.69 Å².